The molecule has 25 nitrogen and oxygen atoms in total. The molecule has 0 bridgehead atoms. The number of alkyl halides is 2. The van der Waals surface area contributed by atoms with Crippen LogP contribution < -0.4 is 31.4 Å². The van der Waals surface area contributed by atoms with E-state index < -0.39 is 88.2 Å². The normalized spacial score (nSPS) is 26.0. The fraction of sp³-hybridized carbons (Fsp3) is 0.283. The van der Waals surface area contributed by atoms with E-state index in [0.29, 0.717) is 35.8 Å². The second kappa shape index (κ2) is 22.3. The van der Waals surface area contributed by atoms with Crippen LogP contribution in [0.4, 0.5) is 26.1 Å². The molecule has 0 saturated carbocycles. The van der Waals surface area contributed by atoms with Crippen molar-refractivity contribution in [3.05, 3.63) is 149 Å². The van der Waals surface area contributed by atoms with E-state index in [0.717, 1.165) is 52.2 Å². The van der Waals surface area contributed by atoms with Crippen molar-refractivity contribution < 1.29 is 59.7 Å². The van der Waals surface area contributed by atoms with E-state index >= 15 is 13.3 Å². The third kappa shape index (κ3) is 10.6. The number of hydrogen-bond donors (Lipinski definition) is 3. The SMILES string of the molecule is B[P@@]1(=O)OC[C@H]2O[C@@H](n3cnc4c(N)ccnc43)[C@H](F)[C@@H]2O[P@@](=O)(SCc2ccc(OC(=O)c3ccc(OCCn4nnc5c4-c4ccccc4CN(C)c4ccccc4-5)cc3)cc2)OC[C@H]2O[C@@H](n3cnc4c(=O)[nH]c(N)nc43)[C@H](F)[C@@H]2O1. The second-order valence-corrected chi connectivity index (χ2v) is 26.2. The molecule has 0 amide bonds. The van der Waals surface area contributed by atoms with Crippen LogP contribution >= 0.6 is 25.7 Å². The number of nitrogens with one attached hydrogen (secondary N) is 1. The van der Waals surface area contributed by atoms with Crippen molar-refractivity contribution in [2.24, 2.45) is 0 Å². The Morgan fingerprint density at radius 2 is 1.48 bits per heavy atom. The van der Waals surface area contributed by atoms with Crippen molar-refractivity contribution in [1.82, 2.24) is 49.0 Å². The Hall–Kier alpha value is -7.85. The smallest absolute Gasteiger partial charge is 0.389 e. The lowest BCUT2D eigenvalue weighted by Gasteiger charge is -2.30. The van der Waals surface area contributed by atoms with E-state index in [1.807, 2.05) is 28.9 Å². The highest BCUT2D eigenvalue weighted by atomic mass is 32.7. The quantitative estimate of drug-likeness (QED) is 0.0509. The van der Waals surface area contributed by atoms with Gasteiger partial charge < -0.3 is 44.4 Å². The molecule has 5 N–H and O–H groups in total. The summed E-state index contributed by atoms with van der Waals surface area (Å²) in [5.74, 6) is -0.287. The third-order valence-electron chi connectivity index (χ3n) is 14.6. The predicted molar refractivity (Wildman–Crippen MR) is 305 cm³/mol. The number of rotatable bonds is 11. The zero-order valence-electron chi connectivity index (χ0n) is 44.5. The Balaban J connectivity index is 0.693. The number of aromatic nitrogens is 10. The lowest BCUT2D eigenvalue weighted by atomic mass is 9.96. The Morgan fingerprint density at radius 1 is 0.810 bits per heavy atom. The lowest BCUT2D eigenvalue weighted by Crippen LogP contribution is -2.37. The number of H-pyrrole nitrogens is 1. The number of pyridine rings is 1. The van der Waals surface area contributed by atoms with E-state index in [1.54, 1.807) is 36.4 Å². The predicted octanol–water partition coefficient (Wildman–Crippen LogP) is 6.97. The summed E-state index contributed by atoms with van der Waals surface area (Å²) in [7, 11) is -1.12. The summed E-state index contributed by atoms with van der Waals surface area (Å²) >= 11 is 0.670. The van der Waals surface area contributed by atoms with E-state index in [1.165, 1.54) is 35.3 Å². The molecule has 0 aliphatic carbocycles. The molecule has 4 aliphatic rings. The number of hydrogen-bond acceptors (Lipinski definition) is 22. The number of para-hydroxylation sites is 1. The fourth-order valence-electron chi connectivity index (χ4n) is 10.6. The molecule has 0 unspecified atom stereocenters. The van der Waals surface area contributed by atoms with Gasteiger partial charge in [0, 0.05) is 42.4 Å². The first-order valence-corrected chi connectivity index (χ1v) is 31.4. The molecular formula is C53H50BF2N13O12P2S. The number of aromatic amines is 1. The number of anilines is 3. The molecule has 4 aromatic carbocycles. The molecule has 4 aliphatic heterocycles. The summed E-state index contributed by atoms with van der Waals surface area (Å²) in [6.45, 7) is -4.62. The largest absolute Gasteiger partial charge is 0.492 e. The minimum Gasteiger partial charge on any atom is -0.492 e. The van der Waals surface area contributed by atoms with Crippen LogP contribution in [0.1, 0.15) is 33.9 Å². The molecule has 3 saturated heterocycles. The van der Waals surface area contributed by atoms with E-state index in [2.05, 4.69) is 71.4 Å². The zero-order valence-corrected chi connectivity index (χ0v) is 47.1. The van der Waals surface area contributed by atoms with Crippen LogP contribution in [0.25, 0.3) is 44.8 Å². The summed E-state index contributed by atoms with van der Waals surface area (Å²) in [4.78, 5) is 47.3. The number of fused-ring (bicyclic) bond motifs is 9. The van der Waals surface area contributed by atoms with Gasteiger partial charge in [0.1, 0.15) is 53.7 Å². The third-order valence-corrected chi connectivity index (χ3v) is 19.5. The number of carbonyl (C=O) groups is 1. The zero-order chi connectivity index (χ0) is 58.0. The Morgan fingerprint density at radius 3 is 2.24 bits per heavy atom. The lowest BCUT2D eigenvalue weighted by molar-refractivity contribution is -0.0546. The van der Waals surface area contributed by atoms with Crippen LogP contribution in [-0.4, -0.2) is 126 Å². The van der Waals surface area contributed by atoms with Gasteiger partial charge in [0.05, 0.1) is 49.4 Å². The van der Waals surface area contributed by atoms with E-state index in [9.17, 15) is 14.2 Å². The van der Waals surface area contributed by atoms with Gasteiger partial charge in [-0.15, -0.1) is 5.10 Å². The second-order valence-electron chi connectivity index (χ2n) is 20.2. The summed E-state index contributed by atoms with van der Waals surface area (Å²) in [6, 6.07) is 30.7. The standard InChI is InChI=1S/C53H50BF2N13O12P2S/c1-66-22-30-6-2-3-7-33(30)44-41(34-8-4-5-9-36(34)66)64-65-69(44)20-21-74-31-16-12-29(13-17-31)52(71)77-32-14-10-28(11-15-32)25-84-83(73)76-24-38-45(39(55)51(79-38)68-27-61-43-48(68)62-53(58)63-49(43)70)80-82(54,72)75-23-37-46(81-83)40(56)50(78-37)67-26-60-42-35(57)18-19-59-47(42)67/h2-19,26-27,37-40,45-46,50-51H,20-25,54H2,1H3,(H2,57,59)(H3,58,62,63,70)/t37-,38-,39-,40-,45-,46-,50-,51-,82-,83+/m1/s1. The number of nitrogen functional groups attached to an aromatic ring is 2. The van der Waals surface area contributed by atoms with Crippen molar-refractivity contribution >= 4 is 78.8 Å². The van der Waals surface area contributed by atoms with Gasteiger partial charge in [0.15, 0.2) is 41.6 Å². The molecule has 0 radical (unpaired) electrons. The monoisotopic (exact) mass is 1200 g/mol. The van der Waals surface area contributed by atoms with Crippen molar-refractivity contribution in [1.29, 1.82) is 0 Å². The molecule has 84 heavy (non-hydrogen) atoms. The fourth-order valence-corrected chi connectivity index (χ4v) is 15.1. The highest BCUT2D eigenvalue weighted by molar-refractivity contribution is 8.54. The van der Waals surface area contributed by atoms with Crippen molar-refractivity contribution in [3.63, 3.8) is 0 Å². The summed E-state index contributed by atoms with van der Waals surface area (Å²) < 4.78 is 115. The van der Waals surface area contributed by atoms with Gasteiger partial charge in [-0.2, -0.15) is 4.98 Å². The number of carbonyl (C=O) groups excluding carboxylic acids is 1. The Kier molecular flexibility index (Phi) is 14.7. The number of ether oxygens (including phenoxy) is 4. The topological polar surface area (TPSA) is 305 Å². The van der Waals surface area contributed by atoms with Crippen LogP contribution in [0, 0.1) is 0 Å². The molecule has 3 fully saturated rings. The molecule has 5 aromatic heterocycles. The minimum absolute atomic E-state index is 0.0810. The van der Waals surface area contributed by atoms with Gasteiger partial charge in [0.2, 0.25) is 5.95 Å². The van der Waals surface area contributed by atoms with Gasteiger partial charge >= 0.3 is 12.8 Å². The maximum atomic E-state index is 17.1. The molecular weight excluding hydrogens is 1150 g/mol. The van der Waals surface area contributed by atoms with Gasteiger partial charge in [0.25, 0.3) is 20.6 Å². The molecule has 0 spiro atoms. The highest BCUT2D eigenvalue weighted by Crippen LogP contribution is 2.65. The Labute approximate surface area is 480 Å². The van der Waals surface area contributed by atoms with Crippen LogP contribution in [0.5, 0.6) is 11.5 Å². The first-order chi connectivity index (χ1) is 40.6. The van der Waals surface area contributed by atoms with Gasteiger partial charge in [-0.3, -0.25) is 32.5 Å². The van der Waals surface area contributed by atoms with Gasteiger partial charge in [-0.05, 0) is 71.0 Å². The van der Waals surface area contributed by atoms with Gasteiger partial charge in [-0.1, -0.05) is 59.8 Å². The van der Waals surface area contributed by atoms with Crippen LogP contribution in [0.3, 0.4) is 0 Å². The number of benzene rings is 4. The molecule has 31 heteroatoms. The first kappa shape index (κ1) is 55.4. The van der Waals surface area contributed by atoms with Crippen LogP contribution in [-0.2, 0) is 55.5 Å². The maximum absolute atomic E-state index is 17.1. The van der Waals surface area contributed by atoms with E-state index in [-0.39, 0.29) is 57.6 Å². The number of imidazole rings is 2. The van der Waals surface area contributed by atoms with Crippen molar-refractivity contribution in [2.75, 3.05) is 43.2 Å². The van der Waals surface area contributed by atoms with Gasteiger partial charge in [-0.25, -0.2) is 37.8 Å². The summed E-state index contributed by atoms with van der Waals surface area (Å²) in [6.07, 6.45) is -9.87. The summed E-state index contributed by atoms with van der Waals surface area (Å²) in [5.41, 5.74) is 18.3. The molecule has 9 heterocycles. The number of halogens is 2. The molecule has 13 rings (SSSR count). The average Bonchev–Trinajstić information content (AvgIpc) is 3.10. The molecule has 9 aromatic rings. The molecule has 432 valence electrons. The first-order valence-electron chi connectivity index (χ1n) is 26.3. The molecule has 10 atom stereocenters. The number of nitrogens with two attached hydrogens (primary N) is 2. The average molecular weight is 1200 g/mol. The van der Waals surface area contributed by atoms with E-state index in [4.69, 9.17) is 48.5 Å². The number of esters is 1. The Bertz CT molecular complexity index is 4150. The minimum atomic E-state index is -4.61. The number of nitrogens with zero attached hydrogens (tertiary/aromatic N) is 10. The van der Waals surface area contributed by atoms with Crippen LogP contribution in [0.15, 0.2) is 127 Å². The highest BCUT2D eigenvalue weighted by Gasteiger charge is 2.55. The van der Waals surface area contributed by atoms with Crippen molar-refractivity contribution in [2.45, 2.75) is 68.1 Å². The van der Waals surface area contributed by atoms with Crippen LogP contribution in [0.2, 0.25) is 0 Å². The maximum Gasteiger partial charge on any atom is 0.389 e. The summed E-state index contributed by atoms with van der Waals surface area (Å²) in [5, 5.41) is 9.19. The van der Waals surface area contributed by atoms with Crippen molar-refractivity contribution in [3.8, 4) is 34.0 Å².